The number of benzene rings is 1. The van der Waals surface area contributed by atoms with Gasteiger partial charge in [0.15, 0.2) is 0 Å². The first-order valence-electron chi connectivity index (χ1n) is 6.86. The van der Waals surface area contributed by atoms with E-state index in [9.17, 15) is 0 Å². The van der Waals surface area contributed by atoms with E-state index in [0.29, 0.717) is 0 Å². The molecule has 0 radical (unpaired) electrons. The highest BCUT2D eigenvalue weighted by Crippen LogP contribution is 2.26. The van der Waals surface area contributed by atoms with E-state index in [2.05, 4.69) is 18.2 Å². The second kappa shape index (κ2) is 6.60. The minimum absolute atomic E-state index is 0.121. The summed E-state index contributed by atoms with van der Waals surface area (Å²) >= 11 is 0. The Kier molecular flexibility index (Phi) is 4.82. The first kappa shape index (κ1) is 13.2. The van der Waals surface area contributed by atoms with Gasteiger partial charge in [-0.1, -0.05) is 24.3 Å². The summed E-state index contributed by atoms with van der Waals surface area (Å²) in [5.41, 5.74) is 7.43. The van der Waals surface area contributed by atoms with Crippen LogP contribution in [0.4, 0.5) is 0 Å². The van der Waals surface area contributed by atoms with Gasteiger partial charge in [0.2, 0.25) is 0 Å². The number of ether oxygens (including phenoxy) is 1. The molecule has 0 bridgehead atoms. The summed E-state index contributed by atoms with van der Waals surface area (Å²) in [6, 6.07) is 8.22. The number of nitrogens with two attached hydrogens (primary N) is 1. The molecule has 0 saturated carbocycles. The van der Waals surface area contributed by atoms with Gasteiger partial charge in [0.05, 0.1) is 7.11 Å². The van der Waals surface area contributed by atoms with Crippen LogP contribution in [-0.2, 0) is 0 Å². The lowest BCUT2D eigenvalue weighted by atomic mass is 9.89. The van der Waals surface area contributed by atoms with E-state index >= 15 is 0 Å². The van der Waals surface area contributed by atoms with Crippen molar-refractivity contribution in [3.63, 3.8) is 0 Å². The molecule has 1 aliphatic carbocycles. The third kappa shape index (κ3) is 3.61. The van der Waals surface area contributed by atoms with Crippen molar-refractivity contribution >= 4 is 0 Å². The molecule has 2 nitrogen and oxygen atoms in total. The van der Waals surface area contributed by atoms with Crippen molar-refractivity contribution in [3.8, 4) is 5.75 Å². The Morgan fingerprint density at radius 1 is 1.44 bits per heavy atom. The van der Waals surface area contributed by atoms with Gasteiger partial charge < -0.3 is 10.5 Å². The van der Waals surface area contributed by atoms with Crippen LogP contribution in [-0.4, -0.2) is 7.11 Å². The highest BCUT2D eigenvalue weighted by Gasteiger charge is 2.12. The molecule has 2 N–H and O–H groups in total. The Morgan fingerprint density at radius 3 is 3.06 bits per heavy atom. The normalized spacial score (nSPS) is 20.7. The van der Waals surface area contributed by atoms with Crippen molar-refractivity contribution in [3.05, 3.63) is 42.0 Å². The van der Waals surface area contributed by atoms with Crippen molar-refractivity contribution < 1.29 is 4.74 Å². The van der Waals surface area contributed by atoms with Crippen LogP contribution in [0, 0.1) is 5.92 Å². The van der Waals surface area contributed by atoms with E-state index in [0.717, 1.165) is 18.1 Å². The molecule has 0 saturated heterocycles. The van der Waals surface area contributed by atoms with E-state index < -0.39 is 0 Å². The quantitative estimate of drug-likeness (QED) is 0.800. The zero-order valence-corrected chi connectivity index (χ0v) is 11.1. The third-order valence-electron chi connectivity index (χ3n) is 3.72. The molecule has 1 aromatic carbocycles. The summed E-state index contributed by atoms with van der Waals surface area (Å²) in [4.78, 5) is 0. The van der Waals surface area contributed by atoms with Crippen LogP contribution < -0.4 is 10.5 Å². The number of hydrogen-bond donors (Lipinski definition) is 1. The fraction of sp³-hybridized carbons (Fsp3) is 0.500. The minimum atomic E-state index is 0.121. The van der Waals surface area contributed by atoms with Crippen molar-refractivity contribution in [2.75, 3.05) is 7.11 Å². The Balaban J connectivity index is 1.88. The predicted octanol–water partition coefficient (Wildman–Crippen LogP) is 3.83. The fourth-order valence-electron chi connectivity index (χ4n) is 2.56. The smallest absolute Gasteiger partial charge is 0.119 e. The Labute approximate surface area is 110 Å². The van der Waals surface area contributed by atoms with Crippen LogP contribution >= 0.6 is 0 Å². The number of allylic oxidation sites excluding steroid dienone is 2. The molecule has 0 aromatic heterocycles. The first-order chi connectivity index (χ1) is 8.79. The lowest BCUT2D eigenvalue weighted by Crippen LogP contribution is -2.12. The maximum absolute atomic E-state index is 6.26. The van der Waals surface area contributed by atoms with Crippen molar-refractivity contribution in [2.45, 2.75) is 38.1 Å². The molecule has 18 heavy (non-hydrogen) atoms. The zero-order chi connectivity index (χ0) is 12.8. The standard InChI is InChI=1S/C16H23NO/c1-18-15-9-5-8-14(12-15)16(17)11-10-13-6-3-2-4-7-13/h3,5-6,8-9,12-13,16H,2,4,7,10-11,17H2,1H3. The SMILES string of the molecule is COc1cccc(C(N)CCC2C=CCCC2)c1. The molecule has 0 amide bonds. The molecule has 2 heteroatoms. The van der Waals surface area contributed by atoms with Gasteiger partial charge in [-0.2, -0.15) is 0 Å². The molecule has 0 spiro atoms. The fourth-order valence-corrected chi connectivity index (χ4v) is 2.56. The highest BCUT2D eigenvalue weighted by atomic mass is 16.5. The number of rotatable bonds is 5. The molecule has 2 rings (SSSR count). The lowest BCUT2D eigenvalue weighted by molar-refractivity contribution is 0.412. The van der Waals surface area contributed by atoms with Gasteiger partial charge in [0, 0.05) is 6.04 Å². The third-order valence-corrected chi connectivity index (χ3v) is 3.72. The van der Waals surface area contributed by atoms with Crippen LogP contribution in [0.2, 0.25) is 0 Å². The Hall–Kier alpha value is -1.28. The van der Waals surface area contributed by atoms with Gasteiger partial charge in [-0.25, -0.2) is 0 Å². The minimum Gasteiger partial charge on any atom is -0.497 e. The average Bonchev–Trinajstić information content (AvgIpc) is 2.46. The molecule has 0 fully saturated rings. The Morgan fingerprint density at radius 2 is 2.33 bits per heavy atom. The largest absolute Gasteiger partial charge is 0.497 e. The van der Waals surface area contributed by atoms with Crippen LogP contribution in [0.15, 0.2) is 36.4 Å². The van der Waals surface area contributed by atoms with E-state index in [1.165, 1.54) is 31.2 Å². The van der Waals surface area contributed by atoms with Gasteiger partial charge >= 0.3 is 0 Å². The number of hydrogen-bond acceptors (Lipinski definition) is 2. The van der Waals surface area contributed by atoms with Gasteiger partial charge in [-0.3, -0.25) is 0 Å². The van der Waals surface area contributed by atoms with E-state index in [4.69, 9.17) is 10.5 Å². The van der Waals surface area contributed by atoms with Gasteiger partial charge in [-0.15, -0.1) is 0 Å². The first-order valence-corrected chi connectivity index (χ1v) is 6.86. The average molecular weight is 245 g/mol. The maximum Gasteiger partial charge on any atom is 0.119 e. The van der Waals surface area contributed by atoms with Gasteiger partial charge in [0.1, 0.15) is 5.75 Å². The molecule has 2 unspecified atom stereocenters. The molecule has 98 valence electrons. The summed E-state index contributed by atoms with van der Waals surface area (Å²) in [6.45, 7) is 0. The van der Waals surface area contributed by atoms with Gasteiger partial charge in [-0.05, 0) is 55.7 Å². The predicted molar refractivity (Wildman–Crippen MR) is 75.6 cm³/mol. The van der Waals surface area contributed by atoms with E-state index in [-0.39, 0.29) is 6.04 Å². The second-order valence-corrected chi connectivity index (χ2v) is 5.08. The van der Waals surface area contributed by atoms with E-state index in [1.54, 1.807) is 7.11 Å². The molecule has 1 aromatic rings. The van der Waals surface area contributed by atoms with Crippen molar-refractivity contribution in [2.24, 2.45) is 11.7 Å². The van der Waals surface area contributed by atoms with Gasteiger partial charge in [0.25, 0.3) is 0 Å². The van der Waals surface area contributed by atoms with Crippen molar-refractivity contribution in [1.29, 1.82) is 0 Å². The Bertz CT molecular complexity index is 400. The summed E-state index contributed by atoms with van der Waals surface area (Å²) in [6.07, 6.45) is 10.8. The summed E-state index contributed by atoms with van der Waals surface area (Å²) in [5, 5.41) is 0. The second-order valence-electron chi connectivity index (χ2n) is 5.08. The molecule has 1 aliphatic rings. The van der Waals surface area contributed by atoms with E-state index in [1.807, 2.05) is 18.2 Å². The summed E-state index contributed by atoms with van der Waals surface area (Å²) in [7, 11) is 1.69. The number of methoxy groups -OCH3 is 1. The van der Waals surface area contributed by atoms with Crippen LogP contribution in [0.3, 0.4) is 0 Å². The summed E-state index contributed by atoms with van der Waals surface area (Å²) in [5.74, 6) is 1.62. The van der Waals surface area contributed by atoms with Crippen LogP contribution in [0.1, 0.15) is 43.7 Å². The van der Waals surface area contributed by atoms with Crippen LogP contribution in [0.25, 0.3) is 0 Å². The monoisotopic (exact) mass is 245 g/mol. The van der Waals surface area contributed by atoms with Crippen LogP contribution in [0.5, 0.6) is 5.75 Å². The molecular formula is C16H23NO. The summed E-state index contributed by atoms with van der Waals surface area (Å²) < 4.78 is 5.23. The highest BCUT2D eigenvalue weighted by molar-refractivity contribution is 5.30. The molecule has 0 heterocycles. The lowest BCUT2D eigenvalue weighted by Gasteiger charge is -2.19. The topological polar surface area (TPSA) is 35.2 Å². The van der Waals surface area contributed by atoms with Crippen molar-refractivity contribution in [1.82, 2.24) is 0 Å². The molecule has 0 aliphatic heterocycles. The zero-order valence-electron chi connectivity index (χ0n) is 11.1. The molecular weight excluding hydrogens is 222 g/mol. The maximum atomic E-state index is 6.26. The molecule has 2 atom stereocenters.